The molecule has 2 rings (SSSR count). The molecule has 3 nitrogen and oxygen atoms in total. The molecule has 1 aromatic heterocycles. The Labute approximate surface area is 96.9 Å². The minimum absolute atomic E-state index is 0.399. The second-order valence-corrected chi connectivity index (χ2v) is 3.69. The zero-order valence-corrected chi connectivity index (χ0v) is 9.13. The summed E-state index contributed by atoms with van der Waals surface area (Å²) in [5, 5.41) is 0.907. The van der Waals surface area contributed by atoms with Gasteiger partial charge < -0.3 is 5.73 Å². The molecule has 2 N–H and O–H groups in total. The summed E-state index contributed by atoms with van der Waals surface area (Å²) in [4.78, 5) is 8.15. The maximum atomic E-state index is 6.03. The summed E-state index contributed by atoms with van der Waals surface area (Å²) in [5.74, 6) is 0.874. The minimum Gasteiger partial charge on any atom is -0.384 e. The minimum atomic E-state index is 0.399. The van der Waals surface area contributed by atoms with Crippen LogP contribution in [0.5, 0.6) is 0 Å². The third-order valence-corrected chi connectivity index (χ3v) is 2.69. The van der Waals surface area contributed by atoms with E-state index in [1.54, 1.807) is 30.5 Å². The SMILES string of the molecule is Nc1ccnc(-c2cccc(Cl)c2Cl)n1. The number of nitrogens with two attached hydrogens (primary N) is 1. The molecule has 0 saturated carbocycles. The van der Waals surface area contributed by atoms with Crippen molar-refractivity contribution in [2.24, 2.45) is 0 Å². The van der Waals surface area contributed by atoms with Gasteiger partial charge >= 0.3 is 0 Å². The van der Waals surface area contributed by atoms with E-state index >= 15 is 0 Å². The zero-order chi connectivity index (χ0) is 10.8. The molecule has 0 saturated heterocycles. The van der Waals surface area contributed by atoms with Crippen molar-refractivity contribution < 1.29 is 0 Å². The van der Waals surface area contributed by atoms with Gasteiger partial charge in [-0.15, -0.1) is 0 Å². The van der Waals surface area contributed by atoms with Gasteiger partial charge in [0.1, 0.15) is 5.82 Å². The fraction of sp³-hybridized carbons (Fsp3) is 0. The number of nitrogens with zero attached hydrogens (tertiary/aromatic N) is 2. The second-order valence-electron chi connectivity index (χ2n) is 2.91. The highest BCUT2D eigenvalue weighted by Gasteiger charge is 2.08. The van der Waals surface area contributed by atoms with E-state index in [-0.39, 0.29) is 0 Å². The van der Waals surface area contributed by atoms with Gasteiger partial charge in [-0.3, -0.25) is 0 Å². The first-order valence-electron chi connectivity index (χ1n) is 4.21. The molecule has 76 valence electrons. The Hall–Kier alpha value is -1.32. The fourth-order valence-corrected chi connectivity index (χ4v) is 1.56. The predicted molar refractivity (Wildman–Crippen MR) is 61.9 cm³/mol. The van der Waals surface area contributed by atoms with Crippen molar-refractivity contribution in [1.82, 2.24) is 9.97 Å². The van der Waals surface area contributed by atoms with E-state index in [1.807, 2.05) is 0 Å². The van der Waals surface area contributed by atoms with Gasteiger partial charge in [0.25, 0.3) is 0 Å². The number of benzene rings is 1. The van der Waals surface area contributed by atoms with E-state index in [1.165, 1.54) is 0 Å². The van der Waals surface area contributed by atoms with Gasteiger partial charge in [0.05, 0.1) is 10.0 Å². The summed E-state index contributed by atoms with van der Waals surface area (Å²) in [6.45, 7) is 0. The van der Waals surface area contributed by atoms with Crippen LogP contribution in [0.2, 0.25) is 10.0 Å². The molecule has 0 fully saturated rings. The van der Waals surface area contributed by atoms with E-state index < -0.39 is 0 Å². The lowest BCUT2D eigenvalue weighted by atomic mass is 10.2. The predicted octanol–water partition coefficient (Wildman–Crippen LogP) is 3.03. The van der Waals surface area contributed by atoms with Crippen LogP contribution in [0.15, 0.2) is 30.5 Å². The third-order valence-electron chi connectivity index (χ3n) is 1.87. The molecule has 0 bridgehead atoms. The number of rotatable bonds is 1. The maximum Gasteiger partial charge on any atom is 0.163 e. The first-order valence-corrected chi connectivity index (χ1v) is 4.97. The Morgan fingerprint density at radius 1 is 1.13 bits per heavy atom. The molecule has 0 unspecified atom stereocenters. The Bertz CT molecular complexity index is 500. The van der Waals surface area contributed by atoms with E-state index in [4.69, 9.17) is 28.9 Å². The Morgan fingerprint density at radius 2 is 1.93 bits per heavy atom. The average molecular weight is 240 g/mol. The Kier molecular flexibility index (Phi) is 2.75. The van der Waals surface area contributed by atoms with E-state index in [0.717, 1.165) is 0 Å². The topological polar surface area (TPSA) is 51.8 Å². The van der Waals surface area contributed by atoms with Crippen molar-refractivity contribution in [3.05, 3.63) is 40.5 Å². The van der Waals surface area contributed by atoms with Crippen LogP contribution in [-0.4, -0.2) is 9.97 Å². The molecule has 0 atom stereocenters. The fourth-order valence-electron chi connectivity index (χ4n) is 1.18. The van der Waals surface area contributed by atoms with Crippen molar-refractivity contribution in [2.75, 3.05) is 5.73 Å². The lowest BCUT2D eigenvalue weighted by Crippen LogP contribution is -1.94. The van der Waals surface area contributed by atoms with E-state index in [2.05, 4.69) is 9.97 Å². The highest BCUT2D eigenvalue weighted by Crippen LogP contribution is 2.31. The largest absolute Gasteiger partial charge is 0.384 e. The molecule has 5 heteroatoms. The molecule has 0 aliphatic heterocycles. The average Bonchev–Trinajstić information content (AvgIpc) is 2.22. The molecule has 2 aromatic rings. The molecular weight excluding hydrogens is 233 g/mol. The van der Waals surface area contributed by atoms with Crippen LogP contribution < -0.4 is 5.73 Å². The van der Waals surface area contributed by atoms with Gasteiger partial charge in [0.15, 0.2) is 5.82 Å². The van der Waals surface area contributed by atoms with Crippen LogP contribution in [0.3, 0.4) is 0 Å². The number of anilines is 1. The van der Waals surface area contributed by atoms with Gasteiger partial charge in [-0.05, 0) is 18.2 Å². The van der Waals surface area contributed by atoms with Crippen LogP contribution in [0.4, 0.5) is 5.82 Å². The lowest BCUT2D eigenvalue weighted by Gasteiger charge is -2.04. The molecule has 0 spiro atoms. The Balaban J connectivity index is 2.59. The standard InChI is InChI=1S/C10H7Cl2N3/c11-7-3-1-2-6(9(7)12)10-14-5-4-8(13)15-10/h1-5H,(H2,13,14,15). The highest BCUT2D eigenvalue weighted by molar-refractivity contribution is 6.43. The van der Waals surface area contributed by atoms with Gasteiger partial charge in [-0.25, -0.2) is 9.97 Å². The van der Waals surface area contributed by atoms with Crippen molar-refractivity contribution in [1.29, 1.82) is 0 Å². The van der Waals surface area contributed by atoms with Crippen LogP contribution in [0.1, 0.15) is 0 Å². The molecule has 0 aliphatic carbocycles. The molecule has 0 radical (unpaired) electrons. The molecule has 1 aromatic carbocycles. The number of halogens is 2. The first-order chi connectivity index (χ1) is 7.18. The summed E-state index contributed by atoms with van der Waals surface area (Å²) in [5.41, 5.74) is 6.23. The third kappa shape index (κ3) is 2.03. The Morgan fingerprint density at radius 3 is 2.67 bits per heavy atom. The molecular formula is C10H7Cl2N3. The first kappa shape index (κ1) is 10.2. The van der Waals surface area contributed by atoms with Crippen molar-refractivity contribution in [3.8, 4) is 11.4 Å². The van der Waals surface area contributed by atoms with E-state index in [9.17, 15) is 0 Å². The smallest absolute Gasteiger partial charge is 0.163 e. The van der Waals surface area contributed by atoms with Gasteiger partial charge in [0, 0.05) is 11.8 Å². The molecule has 1 heterocycles. The number of hydrogen-bond acceptors (Lipinski definition) is 3. The van der Waals surface area contributed by atoms with Gasteiger partial charge in [-0.1, -0.05) is 29.3 Å². The van der Waals surface area contributed by atoms with Crippen molar-refractivity contribution >= 4 is 29.0 Å². The summed E-state index contributed by atoms with van der Waals surface area (Å²) in [7, 11) is 0. The number of aromatic nitrogens is 2. The molecule has 0 aliphatic rings. The van der Waals surface area contributed by atoms with Crippen molar-refractivity contribution in [3.63, 3.8) is 0 Å². The van der Waals surface area contributed by atoms with Crippen LogP contribution in [0, 0.1) is 0 Å². The summed E-state index contributed by atoms with van der Waals surface area (Å²) in [6, 6.07) is 6.90. The van der Waals surface area contributed by atoms with Crippen molar-refractivity contribution in [2.45, 2.75) is 0 Å². The number of nitrogen functional groups attached to an aromatic ring is 1. The quantitative estimate of drug-likeness (QED) is 0.833. The summed E-state index contributed by atoms with van der Waals surface area (Å²) >= 11 is 11.9. The highest BCUT2D eigenvalue weighted by atomic mass is 35.5. The summed E-state index contributed by atoms with van der Waals surface area (Å²) in [6.07, 6.45) is 1.58. The van der Waals surface area contributed by atoms with Gasteiger partial charge in [-0.2, -0.15) is 0 Å². The normalized spacial score (nSPS) is 10.3. The summed E-state index contributed by atoms with van der Waals surface area (Å²) < 4.78 is 0. The van der Waals surface area contributed by atoms with Crippen LogP contribution >= 0.6 is 23.2 Å². The monoisotopic (exact) mass is 239 g/mol. The zero-order valence-electron chi connectivity index (χ0n) is 7.61. The van der Waals surface area contributed by atoms with E-state index in [0.29, 0.717) is 27.3 Å². The molecule has 0 amide bonds. The van der Waals surface area contributed by atoms with Crippen LogP contribution in [-0.2, 0) is 0 Å². The van der Waals surface area contributed by atoms with Gasteiger partial charge in [0.2, 0.25) is 0 Å². The molecule has 15 heavy (non-hydrogen) atoms. The lowest BCUT2D eigenvalue weighted by molar-refractivity contribution is 1.18. The number of hydrogen-bond donors (Lipinski definition) is 1. The second kappa shape index (κ2) is 4.04. The van der Waals surface area contributed by atoms with Crippen LogP contribution in [0.25, 0.3) is 11.4 Å². The maximum absolute atomic E-state index is 6.03.